The van der Waals surface area contributed by atoms with Crippen molar-refractivity contribution < 1.29 is 4.74 Å². The lowest BCUT2D eigenvalue weighted by molar-refractivity contribution is 0.416. The molecule has 0 radical (unpaired) electrons. The number of nitrogens with zero attached hydrogens (tertiary/aromatic N) is 1. The van der Waals surface area contributed by atoms with E-state index < -0.39 is 0 Å². The summed E-state index contributed by atoms with van der Waals surface area (Å²) in [6.45, 7) is 1.08. The number of nitrogens with one attached hydrogen (secondary N) is 2. The third kappa shape index (κ3) is 2.53. The number of rotatable bonds is 3. The number of halogens is 1. The zero-order valence-electron chi connectivity index (χ0n) is 10.7. The minimum atomic E-state index is 0.402. The monoisotopic (exact) mass is 321 g/mol. The molecule has 1 aromatic heterocycles. The highest BCUT2D eigenvalue weighted by Gasteiger charge is 2.19. The molecule has 0 aliphatic carbocycles. The van der Waals surface area contributed by atoms with E-state index in [1.165, 1.54) is 6.42 Å². The molecule has 1 aromatic carbocycles. The Morgan fingerprint density at radius 2 is 2.26 bits per heavy atom. The molecular weight excluding hydrogens is 306 g/mol. The zero-order valence-corrected chi connectivity index (χ0v) is 12.3. The minimum absolute atomic E-state index is 0.402. The SMILES string of the molecule is COc1ccc(Br)cc1-c1cc(C2CCCN2)[nH]n1. The molecule has 1 unspecified atom stereocenters. The topological polar surface area (TPSA) is 49.9 Å². The number of hydrogen-bond donors (Lipinski definition) is 2. The van der Waals surface area contributed by atoms with Crippen LogP contribution in [0.3, 0.4) is 0 Å². The number of benzene rings is 1. The lowest BCUT2D eigenvalue weighted by Gasteiger charge is -2.07. The summed E-state index contributed by atoms with van der Waals surface area (Å²) in [6, 6.07) is 8.45. The summed E-state index contributed by atoms with van der Waals surface area (Å²) in [7, 11) is 1.68. The second kappa shape index (κ2) is 5.35. The van der Waals surface area contributed by atoms with Crippen molar-refractivity contribution in [1.82, 2.24) is 15.5 Å². The first-order chi connectivity index (χ1) is 9.28. The second-order valence-electron chi connectivity index (χ2n) is 4.70. The van der Waals surface area contributed by atoms with Crippen LogP contribution >= 0.6 is 15.9 Å². The predicted molar refractivity (Wildman–Crippen MR) is 78.3 cm³/mol. The van der Waals surface area contributed by atoms with Crippen LogP contribution in [-0.4, -0.2) is 23.9 Å². The number of H-pyrrole nitrogens is 1. The summed E-state index contributed by atoms with van der Waals surface area (Å²) in [6.07, 6.45) is 2.39. The number of aromatic nitrogens is 2. The van der Waals surface area contributed by atoms with E-state index >= 15 is 0 Å². The van der Waals surface area contributed by atoms with Crippen molar-refractivity contribution >= 4 is 15.9 Å². The van der Waals surface area contributed by atoms with Gasteiger partial charge in [0.1, 0.15) is 5.75 Å². The normalized spacial score (nSPS) is 18.7. The van der Waals surface area contributed by atoms with Crippen molar-refractivity contribution in [3.8, 4) is 17.0 Å². The average molecular weight is 322 g/mol. The van der Waals surface area contributed by atoms with Crippen LogP contribution in [-0.2, 0) is 0 Å². The molecule has 1 atom stereocenters. The molecule has 1 aliphatic rings. The quantitative estimate of drug-likeness (QED) is 0.912. The van der Waals surface area contributed by atoms with Crippen molar-refractivity contribution in [2.45, 2.75) is 18.9 Å². The summed E-state index contributed by atoms with van der Waals surface area (Å²) in [5, 5.41) is 11.0. The van der Waals surface area contributed by atoms with E-state index in [4.69, 9.17) is 4.74 Å². The first-order valence-corrected chi connectivity index (χ1v) is 7.20. The van der Waals surface area contributed by atoms with Crippen LogP contribution in [0.5, 0.6) is 5.75 Å². The van der Waals surface area contributed by atoms with Gasteiger partial charge in [-0.3, -0.25) is 5.10 Å². The molecule has 2 N–H and O–H groups in total. The second-order valence-corrected chi connectivity index (χ2v) is 5.62. The van der Waals surface area contributed by atoms with Gasteiger partial charge in [-0.2, -0.15) is 5.10 Å². The zero-order chi connectivity index (χ0) is 13.2. The fourth-order valence-electron chi connectivity index (χ4n) is 2.48. The Morgan fingerprint density at radius 3 is 3.00 bits per heavy atom. The van der Waals surface area contributed by atoms with E-state index in [0.29, 0.717) is 6.04 Å². The van der Waals surface area contributed by atoms with E-state index in [1.807, 2.05) is 18.2 Å². The number of aromatic amines is 1. The van der Waals surface area contributed by atoms with E-state index in [0.717, 1.165) is 40.1 Å². The molecule has 4 nitrogen and oxygen atoms in total. The Balaban J connectivity index is 1.95. The van der Waals surface area contributed by atoms with Crippen molar-refractivity contribution in [3.05, 3.63) is 34.4 Å². The molecule has 5 heteroatoms. The summed E-state index contributed by atoms with van der Waals surface area (Å²) < 4.78 is 6.42. The third-order valence-electron chi connectivity index (χ3n) is 3.47. The van der Waals surface area contributed by atoms with Gasteiger partial charge in [0.05, 0.1) is 18.5 Å². The van der Waals surface area contributed by atoms with E-state index in [-0.39, 0.29) is 0 Å². The summed E-state index contributed by atoms with van der Waals surface area (Å²) in [4.78, 5) is 0. The van der Waals surface area contributed by atoms with E-state index in [9.17, 15) is 0 Å². The molecule has 100 valence electrons. The summed E-state index contributed by atoms with van der Waals surface area (Å²) >= 11 is 3.49. The van der Waals surface area contributed by atoms with Gasteiger partial charge in [-0.15, -0.1) is 0 Å². The molecular formula is C14H16BrN3O. The molecule has 1 fully saturated rings. The van der Waals surface area contributed by atoms with Gasteiger partial charge in [-0.25, -0.2) is 0 Å². The van der Waals surface area contributed by atoms with Gasteiger partial charge in [0, 0.05) is 16.1 Å². The predicted octanol–water partition coefficient (Wildman–Crippen LogP) is 3.27. The molecule has 0 bridgehead atoms. The summed E-state index contributed by atoms with van der Waals surface area (Å²) in [5.74, 6) is 0.834. The van der Waals surface area contributed by atoms with E-state index in [1.54, 1.807) is 7.11 Å². The minimum Gasteiger partial charge on any atom is -0.496 e. The van der Waals surface area contributed by atoms with Crippen molar-refractivity contribution in [2.24, 2.45) is 0 Å². The Bertz CT molecular complexity index is 576. The standard InChI is InChI=1S/C14H16BrN3O/c1-19-14-5-4-9(15)7-10(14)12-8-13(18-17-12)11-3-2-6-16-11/h4-5,7-8,11,16H,2-3,6H2,1H3,(H,17,18). The smallest absolute Gasteiger partial charge is 0.128 e. The first-order valence-electron chi connectivity index (χ1n) is 6.40. The number of methoxy groups -OCH3 is 1. The molecule has 0 saturated carbocycles. The lowest BCUT2D eigenvalue weighted by atomic mass is 10.1. The van der Waals surface area contributed by atoms with Crippen molar-refractivity contribution in [1.29, 1.82) is 0 Å². The van der Waals surface area contributed by atoms with Crippen LogP contribution < -0.4 is 10.1 Å². The van der Waals surface area contributed by atoms with Gasteiger partial charge in [-0.1, -0.05) is 15.9 Å². The van der Waals surface area contributed by atoms with Gasteiger partial charge < -0.3 is 10.1 Å². The third-order valence-corrected chi connectivity index (χ3v) is 3.96. The number of ether oxygens (including phenoxy) is 1. The van der Waals surface area contributed by atoms with Crippen LogP contribution in [0, 0.1) is 0 Å². The maximum atomic E-state index is 5.40. The van der Waals surface area contributed by atoms with E-state index in [2.05, 4.69) is 37.5 Å². The molecule has 0 amide bonds. The molecule has 2 heterocycles. The maximum absolute atomic E-state index is 5.40. The molecule has 19 heavy (non-hydrogen) atoms. The molecule has 1 saturated heterocycles. The molecule has 0 spiro atoms. The van der Waals surface area contributed by atoms with Gasteiger partial charge in [0.2, 0.25) is 0 Å². The highest BCUT2D eigenvalue weighted by molar-refractivity contribution is 9.10. The molecule has 3 rings (SSSR count). The summed E-state index contributed by atoms with van der Waals surface area (Å²) in [5.41, 5.74) is 3.06. The van der Waals surface area contributed by atoms with Crippen LogP contribution in [0.25, 0.3) is 11.3 Å². The van der Waals surface area contributed by atoms with Crippen LogP contribution in [0.2, 0.25) is 0 Å². The van der Waals surface area contributed by atoms with Crippen molar-refractivity contribution in [3.63, 3.8) is 0 Å². The van der Waals surface area contributed by atoms with Gasteiger partial charge >= 0.3 is 0 Å². The van der Waals surface area contributed by atoms with Crippen molar-refractivity contribution in [2.75, 3.05) is 13.7 Å². The highest BCUT2D eigenvalue weighted by Crippen LogP contribution is 2.33. The van der Waals surface area contributed by atoms with Crippen LogP contribution in [0.1, 0.15) is 24.6 Å². The number of hydrogen-bond acceptors (Lipinski definition) is 3. The van der Waals surface area contributed by atoms with Gasteiger partial charge in [-0.05, 0) is 43.7 Å². The first kappa shape index (κ1) is 12.7. The van der Waals surface area contributed by atoms with Gasteiger partial charge in [0.25, 0.3) is 0 Å². The Morgan fingerprint density at radius 1 is 1.37 bits per heavy atom. The Labute approximate surface area is 120 Å². The highest BCUT2D eigenvalue weighted by atomic mass is 79.9. The fraction of sp³-hybridized carbons (Fsp3) is 0.357. The molecule has 1 aliphatic heterocycles. The molecule has 2 aromatic rings. The largest absolute Gasteiger partial charge is 0.496 e. The lowest BCUT2D eigenvalue weighted by Crippen LogP contribution is -2.12. The van der Waals surface area contributed by atoms with Crippen LogP contribution in [0.4, 0.5) is 0 Å². The average Bonchev–Trinajstić information content (AvgIpc) is 3.09. The van der Waals surface area contributed by atoms with Crippen LogP contribution in [0.15, 0.2) is 28.7 Å². The fourth-order valence-corrected chi connectivity index (χ4v) is 2.84. The Kier molecular flexibility index (Phi) is 3.57. The Hall–Kier alpha value is -1.33. The van der Waals surface area contributed by atoms with Gasteiger partial charge in [0.15, 0.2) is 0 Å². The maximum Gasteiger partial charge on any atom is 0.128 e.